The molecule has 0 aromatic heterocycles. The van der Waals surface area contributed by atoms with E-state index in [0.717, 1.165) is 29.1 Å². The zero-order chi connectivity index (χ0) is 18.4. The van der Waals surface area contributed by atoms with E-state index in [1.165, 1.54) is 25.9 Å². The maximum Gasteiger partial charge on any atom is 0.255 e. The summed E-state index contributed by atoms with van der Waals surface area (Å²) in [6.07, 6.45) is 2.59. The van der Waals surface area contributed by atoms with Crippen LogP contribution in [0, 0.1) is 6.92 Å². The van der Waals surface area contributed by atoms with Gasteiger partial charge in [-0.2, -0.15) is 0 Å². The first-order valence-electron chi connectivity index (χ1n) is 9.22. The van der Waals surface area contributed by atoms with Gasteiger partial charge in [0.05, 0.1) is 0 Å². The second-order valence-corrected chi connectivity index (χ2v) is 6.73. The fraction of sp³-hybridized carbons (Fsp3) is 0.381. The Morgan fingerprint density at radius 3 is 2.54 bits per heavy atom. The summed E-state index contributed by atoms with van der Waals surface area (Å²) in [6, 6.07) is 13.1. The van der Waals surface area contributed by atoms with Gasteiger partial charge < -0.3 is 15.8 Å². The van der Waals surface area contributed by atoms with E-state index in [4.69, 9.17) is 10.5 Å². The second-order valence-electron chi connectivity index (χ2n) is 6.73. The molecule has 0 bridgehead atoms. The van der Waals surface area contributed by atoms with E-state index in [-0.39, 0.29) is 5.91 Å². The third-order valence-electron chi connectivity index (χ3n) is 4.75. The fourth-order valence-electron chi connectivity index (χ4n) is 3.18. The first-order chi connectivity index (χ1) is 12.7. The van der Waals surface area contributed by atoms with Crippen LogP contribution in [0.3, 0.4) is 0 Å². The van der Waals surface area contributed by atoms with Gasteiger partial charge in [0.1, 0.15) is 12.4 Å². The van der Waals surface area contributed by atoms with Gasteiger partial charge in [0.2, 0.25) is 0 Å². The van der Waals surface area contributed by atoms with E-state index in [2.05, 4.69) is 10.2 Å². The molecule has 2 aromatic rings. The molecule has 0 spiro atoms. The van der Waals surface area contributed by atoms with Gasteiger partial charge in [0.15, 0.2) is 0 Å². The minimum Gasteiger partial charge on any atom is -0.492 e. The Morgan fingerprint density at radius 1 is 1.15 bits per heavy atom. The van der Waals surface area contributed by atoms with E-state index < -0.39 is 0 Å². The van der Waals surface area contributed by atoms with E-state index in [0.29, 0.717) is 18.7 Å². The molecular formula is C21H27N3O2. The molecule has 3 N–H and O–H groups in total. The van der Waals surface area contributed by atoms with Gasteiger partial charge in [-0.15, -0.1) is 0 Å². The maximum absolute atomic E-state index is 12.3. The van der Waals surface area contributed by atoms with E-state index in [1.807, 2.05) is 37.3 Å². The number of hydrogen-bond donors (Lipinski definition) is 2. The van der Waals surface area contributed by atoms with Gasteiger partial charge in [-0.1, -0.05) is 12.1 Å². The SMILES string of the molecule is Cc1cc(NC(=O)c2ccc(CN)cc2)ccc1OCCN1CCCC1. The number of carbonyl (C=O) groups excluding carboxylic acids is 1. The smallest absolute Gasteiger partial charge is 0.255 e. The minimum absolute atomic E-state index is 0.129. The predicted octanol–water partition coefficient (Wildman–Crippen LogP) is 3.18. The summed E-state index contributed by atoms with van der Waals surface area (Å²) in [5.41, 5.74) is 8.99. The van der Waals surface area contributed by atoms with Crippen LogP contribution in [0.2, 0.25) is 0 Å². The Kier molecular flexibility index (Phi) is 6.26. The maximum atomic E-state index is 12.3. The van der Waals surface area contributed by atoms with Gasteiger partial charge in [0.25, 0.3) is 5.91 Å². The van der Waals surface area contributed by atoms with Gasteiger partial charge in [0, 0.05) is 24.3 Å². The molecule has 3 rings (SSSR count). The highest BCUT2D eigenvalue weighted by atomic mass is 16.5. The van der Waals surface area contributed by atoms with Crippen LogP contribution >= 0.6 is 0 Å². The van der Waals surface area contributed by atoms with Crippen LogP contribution in [0.4, 0.5) is 5.69 Å². The molecule has 5 nitrogen and oxygen atoms in total. The van der Waals surface area contributed by atoms with Crippen molar-refractivity contribution in [3.8, 4) is 5.75 Å². The van der Waals surface area contributed by atoms with Crippen molar-refractivity contribution in [1.29, 1.82) is 0 Å². The van der Waals surface area contributed by atoms with Crippen molar-refractivity contribution in [1.82, 2.24) is 4.90 Å². The molecular weight excluding hydrogens is 326 g/mol. The molecule has 0 atom stereocenters. The van der Waals surface area contributed by atoms with Gasteiger partial charge in [-0.3, -0.25) is 9.69 Å². The molecule has 1 saturated heterocycles. The first-order valence-corrected chi connectivity index (χ1v) is 9.22. The zero-order valence-corrected chi connectivity index (χ0v) is 15.3. The first kappa shape index (κ1) is 18.4. The number of nitrogens with one attached hydrogen (secondary N) is 1. The lowest BCUT2D eigenvalue weighted by atomic mass is 10.1. The largest absolute Gasteiger partial charge is 0.492 e. The summed E-state index contributed by atoms with van der Waals surface area (Å²) >= 11 is 0. The van der Waals surface area contributed by atoms with Crippen molar-refractivity contribution in [2.24, 2.45) is 5.73 Å². The molecule has 26 heavy (non-hydrogen) atoms. The van der Waals surface area contributed by atoms with Crippen molar-refractivity contribution in [2.75, 3.05) is 31.6 Å². The lowest BCUT2D eigenvalue weighted by Gasteiger charge is -2.16. The van der Waals surface area contributed by atoms with Gasteiger partial charge >= 0.3 is 0 Å². The number of aryl methyl sites for hydroxylation is 1. The molecule has 1 fully saturated rings. The Bertz CT molecular complexity index is 737. The van der Waals surface area contributed by atoms with Crippen LogP contribution < -0.4 is 15.8 Å². The van der Waals surface area contributed by atoms with Crippen LogP contribution in [0.25, 0.3) is 0 Å². The fourth-order valence-corrected chi connectivity index (χ4v) is 3.18. The number of nitrogens with zero attached hydrogens (tertiary/aromatic N) is 1. The Hall–Kier alpha value is -2.37. The van der Waals surface area contributed by atoms with Crippen molar-refractivity contribution < 1.29 is 9.53 Å². The number of carbonyl (C=O) groups is 1. The van der Waals surface area contributed by atoms with E-state index in [1.54, 1.807) is 12.1 Å². The molecule has 1 aliphatic rings. The molecule has 0 unspecified atom stereocenters. The van der Waals surface area contributed by atoms with Crippen LogP contribution in [0.1, 0.15) is 34.3 Å². The van der Waals surface area contributed by atoms with Crippen molar-refractivity contribution in [2.45, 2.75) is 26.3 Å². The number of hydrogen-bond acceptors (Lipinski definition) is 4. The highest BCUT2D eigenvalue weighted by Gasteiger charge is 2.11. The highest BCUT2D eigenvalue weighted by Crippen LogP contribution is 2.22. The van der Waals surface area contributed by atoms with Gasteiger partial charge in [-0.25, -0.2) is 0 Å². The molecule has 5 heteroatoms. The Morgan fingerprint density at radius 2 is 1.88 bits per heavy atom. The zero-order valence-electron chi connectivity index (χ0n) is 15.3. The average Bonchev–Trinajstić information content (AvgIpc) is 3.17. The molecule has 1 amide bonds. The number of amides is 1. The number of rotatable bonds is 7. The third kappa shape index (κ3) is 4.84. The quantitative estimate of drug-likeness (QED) is 0.802. The molecule has 0 aliphatic carbocycles. The highest BCUT2D eigenvalue weighted by molar-refractivity contribution is 6.04. The van der Waals surface area contributed by atoms with Crippen molar-refractivity contribution >= 4 is 11.6 Å². The monoisotopic (exact) mass is 353 g/mol. The van der Waals surface area contributed by atoms with Gasteiger partial charge in [-0.05, 0) is 74.3 Å². The number of benzene rings is 2. The van der Waals surface area contributed by atoms with E-state index in [9.17, 15) is 4.79 Å². The number of anilines is 1. The molecule has 138 valence electrons. The third-order valence-corrected chi connectivity index (χ3v) is 4.75. The van der Waals surface area contributed by atoms with Crippen LogP contribution in [-0.2, 0) is 6.54 Å². The molecule has 1 aliphatic heterocycles. The summed E-state index contributed by atoms with van der Waals surface area (Å²) in [6.45, 7) is 6.49. The van der Waals surface area contributed by atoms with Crippen LogP contribution in [0.5, 0.6) is 5.75 Å². The molecule has 2 aromatic carbocycles. The normalized spacial score (nSPS) is 14.4. The average molecular weight is 353 g/mol. The molecule has 0 saturated carbocycles. The Labute approximate surface area is 155 Å². The topological polar surface area (TPSA) is 67.6 Å². The van der Waals surface area contributed by atoms with Crippen molar-refractivity contribution in [3.63, 3.8) is 0 Å². The number of nitrogens with two attached hydrogens (primary N) is 1. The van der Waals surface area contributed by atoms with Crippen LogP contribution in [-0.4, -0.2) is 37.0 Å². The minimum atomic E-state index is -0.129. The van der Waals surface area contributed by atoms with Crippen LogP contribution in [0.15, 0.2) is 42.5 Å². The summed E-state index contributed by atoms with van der Waals surface area (Å²) in [7, 11) is 0. The lowest BCUT2D eigenvalue weighted by Crippen LogP contribution is -2.25. The second kappa shape index (κ2) is 8.83. The Balaban J connectivity index is 1.55. The summed E-state index contributed by atoms with van der Waals surface area (Å²) in [5.74, 6) is 0.741. The lowest BCUT2D eigenvalue weighted by molar-refractivity contribution is 0.102. The summed E-state index contributed by atoms with van der Waals surface area (Å²) < 4.78 is 5.90. The number of likely N-dealkylation sites (tertiary alicyclic amines) is 1. The van der Waals surface area contributed by atoms with E-state index >= 15 is 0 Å². The predicted molar refractivity (Wildman–Crippen MR) is 105 cm³/mol. The standard InChI is InChI=1S/C21H27N3O2/c1-16-14-19(23-21(25)18-6-4-17(15-22)5-7-18)8-9-20(16)26-13-12-24-10-2-3-11-24/h4-9,14H,2-3,10-13,15,22H2,1H3,(H,23,25). The number of ether oxygens (including phenoxy) is 1. The van der Waals surface area contributed by atoms with Crippen molar-refractivity contribution in [3.05, 3.63) is 59.2 Å². The summed E-state index contributed by atoms with van der Waals surface area (Å²) in [5, 5.41) is 2.93. The molecule has 0 radical (unpaired) electrons. The summed E-state index contributed by atoms with van der Waals surface area (Å²) in [4.78, 5) is 14.8. The molecule has 1 heterocycles.